The van der Waals surface area contributed by atoms with E-state index in [1.54, 1.807) is 24.2 Å². The predicted octanol–water partition coefficient (Wildman–Crippen LogP) is 4.19. The van der Waals surface area contributed by atoms with Gasteiger partial charge in [-0.1, -0.05) is 30.3 Å². The molecule has 4 N–H and O–H groups in total. The van der Waals surface area contributed by atoms with Gasteiger partial charge in [0.2, 0.25) is 0 Å². The quantitative estimate of drug-likeness (QED) is 0.378. The Morgan fingerprint density at radius 3 is 2.61 bits per heavy atom. The van der Waals surface area contributed by atoms with Crippen LogP contribution in [-0.2, 0) is 4.79 Å². The number of amides is 1. The molecule has 2 aromatic carbocycles. The summed E-state index contributed by atoms with van der Waals surface area (Å²) in [4.78, 5) is 31.8. The average molecular weight is 439 g/mol. The molecule has 8 heteroatoms. The monoisotopic (exact) mass is 438 g/mol. The molecular weight excluding hydrogens is 412 g/mol. The third-order valence-corrected chi connectivity index (χ3v) is 5.55. The number of carbonyl (C=O) groups excluding carboxylic acids is 1. The molecule has 1 amide bonds. The summed E-state index contributed by atoms with van der Waals surface area (Å²) in [5.41, 5.74) is 3.75. The minimum Gasteiger partial charge on any atom is -0.480 e. The SMILES string of the molecule is CSCCC(NC(=O)c1ccc(NC(C)c2c[nH]cn2)cc1-c1ccccc1)C(=O)O. The Balaban J connectivity index is 1.90. The highest BCUT2D eigenvalue weighted by molar-refractivity contribution is 7.98. The standard InChI is InChI=1S/C23H26N4O3S/c1-15(21-13-24-14-25-21)26-17-8-9-18(19(12-17)16-6-4-3-5-7-16)22(28)27-20(23(29)30)10-11-31-2/h3-9,12-15,20,26H,10-11H2,1-2H3,(H,24,25)(H,27,28)(H,29,30). The van der Waals surface area contributed by atoms with Crippen molar-refractivity contribution in [2.45, 2.75) is 25.4 Å². The third-order valence-electron chi connectivity index (χ3n) is 4.91. The van der Waals surface area contributed by atoms with Crippen LogP contribution < -0.4 is 10.6 Å². The van der Waals surface area contributed by atoms with Crippen LogP contribution in [0.5, 0.6) is 0 Å². The number of benzene rings is 2. The molecule has 0 saturated heterocycles. The smallest absolute Gasteiger partial charge is 0.326 e. The normalized spacial score (nSPS) is 12.7. The maximum atomic E-state index is 13.0. The van der Waals surface area contributed by atoms with Crippen LogP contribution in [0.1, 0.15) is 35.4 Å². The lowest BCUT2D eigenvalue weighted by atomic mass is 9.97. The van der Waals surface area contributed by atoms with E-state index in [-0.39, 0.29) is 6.04 Å². The van der Waals surface area contributed by atoms with Crippen LogP contribution in [0, 0.1) is 0 Å². The number of imidazole rings is 1. The van der Waals surface area contributed by atoms with Crippen LogP contribution in [-0.4, -0.2) is 45.0 Å². The number of aliphatic carboxylic acids is 1. The van der Waals surface area contributed by atoms with Crippen molar-refractivity contribution in [3.05, 3.63) is 72.3 Å². The summed E-state index contributed by atoms with van der Waals surface area (Å²) in [6.07, 6.45) is 5.73. The van der Waals surface area contributed by atoms with Crippen molar-refractivity contribution in [1.82, 2.24) is 15.3 Å². The molecular formula is C23H26N4O3S. The van der Waals surface area contributed by atoms with Gasteiger partial charge in [-0.05, 0) is 54.7 Å². The first kappa shape index (κ1) is 22.4. The lowest BCUT2D eigenvalue weighted by Gasteiger charge is -2.18. The molecule has 0 radical (unpaired) electrons. The number of nitrogens with zero attached hydrogens (tertiary/aromatic N) is 1. The summed E-state index contributed by atoms with van der Waals surface area (Å²) in [5, 5.41) is 15.5. The van der Waals surface area contributed by atoms with Crippen molar-refractivity contribution in [2.75, 3.05) is 17.3 Å². The highest BCUT2D eigenvalue weighted by atomic mass is 32.2. The van der Waals surface area contributed by atoms with Crippen molar-refractivity contribution in [1.29, 1.82) is 0 Å². The number of hydrogen-bond acceptors (Lipinski definition) is 5. The van der Waals surface area contributed by atoms with Crippen LogP contribution in [0.25, 0.3) is 11.1 Å². The Morgan fingerprint density at radius 2 is 1.97 bits per heavy atom. The van der Waals surface area contributed by atoms with Crippen LogP contribution in [0.2, 0.25) is 0 Å². The molecule has 2 unspecified atom stereocenters. The second-order valence-electron chi connectivity index (χ2n) is 7.13. The first-order valence-electron chi connectivity index (χ1n) is 9.97. The second kappa shape index (κ2) is 10.7. The number of anilines is 1. The van der Waals surface area contributed by atoms with Crippen LogP contribution in [0.15, 0.2) is 61.1 Å². The fourth-order valence-corrected chi connectivity index (χ4v) is 3.72. The fraction of sp³-hybridized carbons (Fsp3) is 0.261. The van der Waals surface area contributed by atoms with Crippen LogP contribution >= 0.6 is 11.8 Å². The molecule has 2 atom stereocenters. The van der Waals surface area contributed by atoms with Gasteiger partial charge in [0.25, 0.3) is 5.91 Å². The molecule has 0 aliphatic heterocycles. The van der Waals surface area contributed by atoms with Crippen molar-refractivity contribution in [3.8, 4) is 11.1 Å². The molecule has 0 bridgehead atoms. The van der Waals surface area contributed by atoms with Crippen molar-refractivity contribution >= 4 is 29.3 Å². The molecule has 0 saturated carbocycles. The van der Waals surface area contributed by atoms with E-state index in [0.29, 0.717) is 17.7 Å². The number of thioether (sulfide) groups is 1. The Morgan fingerprint density at radius 1 is 1.19 bits per heavy atom. The van der Waals surface area contributed by atoms with E-state index in [0.717, 1.165) is 22.5 Å². The summed E-state index contributed by atoms with van der Waals surface area (Å²) >= 11 is 1.55. The van der Waals surface area contributed by atoms with E-state index >= 15 is 0 Å². The van der Waals surface area contributed by atoms with Gasteiger partial charge in [-0.3, -0.25) is 4.79 Å². The number of rotatable bonds is 10. The Kier molecular flexibility index (Phi) is 7.72. The maximum Gasteiger partial charge on any atom is 0.326 e. The summed E-state index contributed by atoms with van der Waals surface area (Å²) in [6.45, 7) is 2.00. The predicted molar refractivity (Wildman–Crippen MR) is 124 cm³/mol. The molecule has 1 aromatic heterocycles. The molecule has 3 rings (SSSR count). The molecule has 0 spiro atoms. The maximum absolute atomic E-state index is 13.0. The van der Waals surface area contributed by atoms with Crippen molar-refractivity contribution < 1.29 is 14.7 Å². The van der Waals surface area contributed by atoms with Crippen molar-refractivity contribution in [2.24, 2.45) is 0 Å². The second-order valence-corrected chi connectivity index (χ2v) is 8.12. The number of carbonyl (C=O) groups is 2. The largest absolute Gasteiger partial charge is 0.480 e. The van der Waals surface area contributed by atoms with Gasteiger partial charge in [0.1, 0.15) is 6.04 Å². The van der Waals surface area contributed by atoms with Crippen LogP contribution in [0.3, 0.4) is 0 Å². The molecule has 162 valence electrons. The van der Waals surface area contributed by atoms with E-state index in [1.807, 2.05) is 61.8 Å². The van der Waals surface area contributed by atoms with E-state index in [2.05, 4.69) is 20.6 Å². The molecule has 0 aliphatic carbocycles. The Hall–Kier alpha value is -3.26. The van der Waals surface area contributed by atoms with E-state index < -0.39 is 17.9 Å². The molecule has 1 heterocycles. The summed E-state index contributed by atoms with van der Waals surface area (Å²) in [5.74, 6) is -0.787. The van der Waals surface area contributed by atoms with Gasteiger partial charge in [0.15, 0.2) is 0 Å². The zero-order valence-corrected chi connectivity index (χ0v) is 18.3. The topological polar surface area (TPSA) is 107 Å². The number of carboxylic acids is 1. The summed E-state index contributed by atoms with van der Waals surface area (Å²) in [6, 6.07) is 14.1. The van der Waals surface area contributed by atoms with Gasteiger partial charge in [0, 0.05) is 17.4 Å². The molecule has 31 heavy (non-hydrogen) atoms. The number of aromatic nitrogens is 2. The summed E-state index contributed by atoms with van der Waals surface area (Å²) in [7, 11) is 0. The zero-order chi connectivity index (χ0) is 22.2. The van der Waals surface area contributed by atoms with Gasteiger partial charge in [0.05, 0.1) is 18.1 Å². The number of H-pyrrole nitrogens is 1. The minimum absolute atomic E-state index is 0.0301. The molecule has 3 aromatic rings. The lowest BCUT2D eigenvalue weighted by molar-refractivity contribution is -0.139. The Bertz CT molecular complexity index is 1010. The lowest BCUT2D eigenvalue weighted by Crippen LogP contribution is -2.41. The highest BCUT2D eigenvalue weighted by Gasteiger charge is 2.22. The van der Waals surface area contributed by atoms with Gasteiger partial charge in [-0.25, -0.2) is 9.78 Å². The molecule has 0 fully saturated rings. The first-order chi connectivity index (χ1) is 15.0. The fourth-order valence-electron chi connectivity index (χ4n) is 3.25. The van der Waals surface area contributed by atoms with Gasteiger partial charge in [-0.2, -0.15) is 11.8 Å². The number of carboxylic acid groups (broad SMARTS) is 1. The van der Waals surface area contributed by atoms with E-state index in [1.165, 1.54) is 0 Å². The minimum atomic E-state index is -1.03. The van der Waals surface area contributed by atoms with Gasteiger partial charge in [-0.15, -0.1) is 0 Å². The molecule has 0 aliphatic rings. The number of nitrogens with one attached hydrogen (secondary N) is 3. The number of aromatic amines is 1. The van der Waals surface area contributed by atoms with Crippen LogP contribution in [0.4, 0.5) is 5.69 Å². The molecule has 7 nitrogen and oxygen atoms in total. The van der Waals surface area contributed by atoms with Gasteiger partial charge >= 0.3 is 5.97 Å². The van der Waals surface area contributed by atoms with Crippen molar-refractivity contribution in [3.63, 3.8) is 0 Å². The first-order valence-corrected chi connectivity index (χ1v) is 11.4. The number of hydrogen-bond donors (Lipinski definition) is 4. The third kappa shape index (κ3) is 5.88. The zero-order valence-electron chi connectivity index (χ0n) is 17.5. The average Bonchev–Trinajstić information content (AvgIpc) is 3.32. The highest BCUT2D eigenvalue weighted by Crippen LogP contribution is 2.29. The van der Waals surface area contributed by atoms with E-state index in [9.17, 15) is 14.7 Å². The summed E-state index contributed by atoms with van der Waals surface area (Å²) < 4.78 is 0. The van der Waals surface area contributed by atoms with Gasteiger partial charge < -0.3 is 20.7 Å². The van der Waals surface area contributed by atoms with E-state index in [4.69, 9.17) is 0 Å². The Labute approximate surface area is 185 Å².